The first-order valence-electron chi connectivity index (χ1n) is 7.93. The Morgan fingerprint density at radius 2 is 2.20 bits per heavy atom. The molecule has 8 heteroatoms. The zero-order chi connectivity index (χ0) is 18.0. The fraction of sp³-hybridized carbons (Fsp3) is 0.353. The summed E-state index contributed by atoms with van der Waals surface area (Å²) in [7, 11) is -3.09. The summed E-state index contributed by atoms with van der Waals surface area (Å²) in [6, 6.07) is 7.35. The van der Waals surface area contributed by atoms with Gasteiger partial charge >= 0.3 is 6.03 Å². The van der Waals surface area contributed by atoms with Gasteiger partial charge in [-0.25, -0.2) is 17.6 Å². The van der Waals surface area contributed by atoms with Crippen molar-refractivity contribution < 1.29 is 22.0 Å². The lowest BCUT2D eigenvalue weighted by molar-refractivity contribution is 0.184. The molecule has 0 bridgehead atoms. The molecule has 1 N–H and O–H groups in total. The number of hydrogen-bond donors (Lipinski definition) is 1. The number of furan rings is 1. The minimum Gasteiger partial charge on any atom is -0.464 e. The Morgan fingerprint density at radius 1 is 1.40 bits per heavy atom. The lowest BCUT2D eigenvalue weighted by atomic mass is 10.1. The number of halogens is 1. The number of hydrogen-bond acceptors (Lipinski definition) is 4. The number of nitrogens with zero attached hydrogens (tertiary/aromatic N) is 1. The van der Waals surface area contributed by atoms with E-state index in [0.717, 1.165) is 0 Å². The van der Waals surface area contributed by atoms with Gasteiger partial charge < -0.3 is 14.6 Å². The summed E-state index contributed by atoms with van der Waals surface area (Å²) < 4.78 is 42.6. The van der Waals surface area contributed by atoms with Crippen LogP contribution in [0, 0.1) is 5.82 Å². The predicted molar refractivity (Wildman–Crippen MR) is 91.2 cm³/mol. The highest BCUT2D eigenvalue weighted by atomic mass is 32.2. The third-order valence-electron chi connectivity index (χ3n) is 4.22. The molecule has 6 nitrogen and oxygen atoms in total. The smallest absolute Gasteiger partial charge is 0.317 e. The molecule has 3 rings (SSSR count). The van der Waals surface area contributed by atoms with Crippen LogP contribution in [0.3, 0.4) is 0 Å². The van der Waals surface area contributed by atoms with E-state index in [-0.39, 0.29) is 24.6 Å². The van der Waals surface area contributed by atoms with E-state index in [1.807, 2.05) is 0 Å². The van der Waals surface area contributed by atoms with Gasteiger partial charge in [0.25, 0.3) is 0 Å². The minimum atomic E-state index is -3.09. The van der Waals surface area contributed by atoms with Crippen LogP contribution in [0.5, 0.6) is 0 Å². The number of sulfone groups is 1. The lowest BCUT2D eigenvalue weighted by Gasteiger charge is -2.33. The molecule has 1 aliphatic rings. The molecule has 1 saturated heterocycles. The van der Waals surface area contributed by atoms with Crippen LogP contribution in [0.4, 0.5) is 9.18 Å². The SMILES string of the molecule is CC1CS(=O)(=O)CCN1C(=O)NCc1ccc(-c2ccco2)cc1F. The van der Waals surface area contributed by atoms with Crippen LogP contribution in [-0.4, -0.2) is 43.4 Å². The monoisotopic (exact) mass is 366 g/mol. The van der Waals surface area contributed by atoms with Crippen LogP contribution < -0.4 is 5.32 Å². The molecule has 1 fully saturated rings. The van der Waals surface area contributed by atoms with Crippen molar-refractivity contribution in [3.8, 4) is 11.3 Å². The van der Waals surface area contributed by atoms with Crippen LogP contribution in [0.2, 0.25) is 0 Å². The standard InChI is InChI=1S/C17H19FN2O4S/c1-12-11-25(22,23)8-6-20(12)17(21)19-10-14-5-4-13(9-15(14)18)16-3-2-7-24-16/h2-5,7,9,12H,6,8,10-11H2,1H3,(H,19,21). The van der Waals surface area contributed by atoms with Crippen LogP contribution in [-0.2, 0) is 16.4 Å². The predicted octanol–water partition coefficient (Wildman–Crippen LogP) is 2.41. The van der Waals surface area contributed by atoms with Gasteiger partial charge in [-0.2, -0.15) is 0 Å². The molecule has 2 amide bonds. The number of amides is 2. The first-order chi connectivity index (χ1) is 11.9. The highest BCUT2D eigenvalue weighted by molar-refractivity contribution is 7.91. The molecule has 0 spiro atoms. The zero-order valence-electron chi connectivity index (χ0n) is 13.7. The molecule has 1 unspecified atom stereocenters. The second-order valence-corrected chi connectivity index (χ2v) is 8.33. The summed E-state index contributed by atoms with van der Waals surface area (Å²) in [5.41, 5.74) is 0.966. The summed E-state index contributed by atoms with van der Waals surface area (Å²) in [5.74, 6) is 0.0325. The third kappa shape index (κ3) is 4.01. The van der Waals surface area contributed by atoms with E-state index in [9.17, 15) is 17.6 Å². The second-order valence-electron chi connectivity index (χ2n) is 6.10. The fourth-order valence-corrected chi connectivity index (χ4v) is 4.42. The number of carbonyl (C=O) groups is 1. The molecule has 25 heavy (non-hydrogen) atoms. The molecule has 1 aromatic carbocycles. The van der Waals surface area contributed by atoms with Crippen molar-refractivity contribution in [2.24, 2.45) is 0 Å². The van der Waals surface area contributed by atoms with Gasteiger partial charge in [-0.05, 0) is 25.1 Å². The maximum Gasteiger partial charge on any atom is 0.317 e. The molecule has 1 atom stereocenters. The molecule has 0 radical (unpaired) electrons. The Hall–Kier alpha value is -2.35. The van der Waals surface area contributed by atoms with Crippen molar-refractivity contribution in [1.82, 2.24) is 10.2 Å². The van der Waals surface area contributed by atoms with Crippen molar-refractivity contribution in [2.45, 2.75) is 19.5 Å². The van der Waals surface area contributed by atoms with Crippen molar-refractivity contribution in [2.75, 3.05) is 18.1 Å². The van der Waals surface area contributed by atoms with Gasteiger partial charge in [0, 0.05) is 30.3 Å². The maximum absolute atomic E-state index is 14.2. The Morgan fingerprint density at radius 3 is 2.84 bits per heavy atom. The van der Waals surface area contributed by atoms with E-state index in [1.54, 1.807) is 31.2 Å². The number of rotatable bonds is 3. The molecule has 2 aromatic rings. The van der Waals surface area contributed by atoms with Crippen LogP contribution in [0.1, 0.15) is 12.5 Å². The van der Waals surface area contributed by atoms with Crippen molar-refractivity contribution in [1.29, 1.82) is 0 Å². The van der Waals surface area contributed by atoms with E-state index in [0.29, 0.717) is 16.9 Å². The first-order valence-corrected chi connectivity index (χ1v) is 9.75. The van der Waals surface area contributed by atoms with Crippen LogP contribution >= 0.6 is 0 Å². The summed E-state index contributed by atoms with van der Waals surface area (Å²) in [5, 5.41) is 2.65. The lowest BCUT2D eigenvalue weighted by Crippen LogP contribution is -2.53. The minimum absolute atomic E-state index is 0.0269. The number of nitrogens with one attached hydrogen (secondary N) is 1. The van der Waals surface area contributed by atoms with E-state index >= 15 is 0 Å². The Bertz CT molecular complexity index is 865. The van der Waals surface area contributed by atoms with Gasteiger partial charge in [-0.3, -0.25) is 0 Å². The molecule has 0 aliphatic carbocycles. The van der Waals surface area contributed by atoms with E-state index in [2.05, 4.69) is 5.32 Å². The maximum atomic E-state index is 14.2. The summed E-state index contributed by atoms with van der Waals surface area (Å²) >= 11 is 0. The largest absolute Gasteiger partial charge is 0.464 e. The van der Waals surface area contributed by atoms with Gasteiger partial charge in [-0.1, -0.05) is 12.1 Å². The molecule has 134 valence electrons. The van der Waals surface area contributed by atoms with Gasteiger partial charge in [0.15, 0.2) is 9.84 Å². The van der Waals surface area contributed by atoms with Crippen molar-refractivity contribution in [3.05, 3.63) is 48.0 Å². The van der Waals surface area contributed by atoms with Gasteiger partial charge in [0.05, 0.1) is 17.8 Å². The summed E-state index contributed by atoms with van der Waals surface area (Å²) in [6.07, 6.45) is 1.52. The van der Waals surface area contributed by atoms with Gasteiger partial charge in [0.2, 0.25) is 0 Å². The number of carbonyl (C=O) groups excluding carboxylic acids is 1. The first kappa shape index (κ1) is 17.5. The van der Waals surface area contributed by atoms with Crippen molar-refractivity contribution in [3.63, 3.8) is 0 Å². The quantitative estimate of drug-likeness (QED) is 0.905. The van der Waals surface area contributed by atoms with E-state index < -0.39 is 27.7 Å². The summed E-state index contributed by atoms with van der Waals surface area (Å²) in [4.78, 5) is 13.7. The zero-order valence-corrected chi connectivity index (χ0v) is 14.6. The molecule has 1 aromatic heterocycles. The van der Waals surface area contributed by atoms with Crippen LogP contribution in [0.25, 0.3) is 11.3 Å². The van der Waals surface area contributed by atoms with Gasteiger partial charge in [-0.15, -0.1) is 0 Å². The molecular weight excluding hydrogens is 347 g/mol. The molecule has 0 saturated carbocycles. The average Bonchev–Trinajstić information content (AvgIpc) is 3.07. The van der Waals surface area contributed by atoms with E-state index in [1.165, 1.54) is 17.2 Å². The highest BCUT2D eigenvalue weighted by Crippen LogP contribution is 2.22. The van der Waals surface area contributed by atoms with Gasteiger partial charge in [0.1, 0.15) is 11.6 Å². The van der Waals surface area contributed by atoms with Crippen molar-refractivity contribution >= 4 is 15.9 Å². The fourth-order valence-electron chi connectivity index (χ4n) is 2.86. The highest BCUT2D eigenvalue weighted by Gasteiger charge is 2.31. The Kier molecular flexibility index (Phi) is 4.80. The molecule has 1 aliphatic heterocycles. The molecular formula is C17H19FN2O4S. The Labute approximate surface area is 145 Å². The second kappa shape index (κ2) is 6.87. The summed E-state index contributed by atoms with van der Waals surface area (Å²) in [6.45, 7) is 1.86. The number of benzene rings is 1. The normalized spacial score (nSPS) is 19.6. The number of urea groups is 1. The van der Waals surface area contributed by atoms with Crippen LogP contribution in [0.15, 0.2) is 41.0 Å². The van der Waals surface area contributed by atoms with E-state index in [4.69, 9.17) is 4.42 Å². The third-order valence-corrected chi connectivity index (χ3v) is 6.01. The Balaban J connectivity index is 1.63. The average molecular weight is 366 g/mol. The topological polar surface area (TPSA) is 79.6 Å². The molecule has 2 heterocycles.